The van der Waals surface area contributed by atoms with Crippen LogP contribution in [0.2, 0.25) is 0 Å². The number of benzene rings is 1. The Labute approximate surface area is 184 Å². The Balaban J connectivity index is 1.73. The number of aryl methyl sites for hydroxylation is 1. The van der Waals surface area contributed by atoms with Gasteiger partial charge in [-0.2, -0.15) is 0 Å². The van der Waals surface area contributed by atoms with Crippen LogP contribution < -0.4 is 16.2 Å². The first-order valence-corrected chi connectivity index (χ1v) is 10.3. The summed E-state index contributed by atoms with van der Waals surface area (Å²) in [5.74, 6) is 0.714. The third-order valence-electron chi connectivity index (χ3n) is 5.30. The maximum absolute atomic E-state index is 12.8. The fraction of sp³-hybridized carbons (Fsp3) is 0.217. The fourth-order valence-corrected chi connectivity index (χ4v) is 3.72. The van der Waals surface area contributed by atoms with Crippen molar-refractivity contribution in [3.05, 3.63) is 76.0 Å². The number of amidine groups is 1. The predicted molar refractivity (Wildman–Crippen MR) is 125 cm³/mol. The molecule has 6 N–H and O–H groups in total. The zero-order valence-electron chi connectivity index (χ0n) is 17.9. The van der Waals surface area contributed by atoms with Crippen LogP contribution in [0.25, 0.3) is 22.4 Å². The van der Waals surface area contributed by atoms with E-state index in [4.69, 9.17) is 5.41 Å². The Morgan fingerprint density at radius 3 is 2.88 bits per heavy atom. The van der Waals surface area contributed by atoms with Gasteiger partial charge in [0.05, 0.1) is 29.4 Å². The summed E-state index contributed by atoms with van der Waals surface area (Å²) in [6.07, 6.45) is 5.57. The minimum Gasteiger partial charge on any atom is -0.394 e. The van der Waals surface area contributed by atoms with E-state index >= 15 is 0 Å². The van der Waals surface area contributed by atoms with Gasteiger partial charge >= 0.3 is 0 Å². The van der Waals surface area contributed by atoms with Crippen LogP contribution in [0.5, 0.6) is 0 Å². The lowest BCUT2D eigenvalue weighted by Crippen LogP contribution is -2.28. The smallest absolute Gasteiger partial charge is 0.261 e. The molecule has 9 nitrogen and oxygen atoms in total. The average molecular weight is 432 g/mol. The van der Waals surface area contributed by atoms with Gasteiger partial charge in [0, 0.05) is 31.2 Å². The van der Waals surface area contributed by atoms with E-state index in [1.54, 1.807) is 31.7 Å². The van der Waals surface area contributed by atoms with Gasteiger partial charge in [-0.1, -0.05) is 6.07 Å². The number of aromatic nitrogens is 4. The molecule has 0 aliphatic heterocycles. The Morgan fingerprint density at radius 1 is 1.31 bits per heavy atom. The summed E-state index contributed by atoms with van der Waals surface area (Å²) in [5, 5.41) is 24.1. The molecule has 0 fully saturated rings. The van der Waals surface area contributed by atoms with Crippen molar-refractivity contribution in [3.8, 4) is 11.4 Å². The first-order chi connectivity index (χ1) is 15.5. The van der Waals surface area contributed by atoms with Crippen LogP contribution in [-0.4, -0.2) is 50.6 Å². The molecule has 0 saturated heterocycles. The third-order valence-corrected chi connectivity index (χ3v) is 5.30. The van der Waals surface area contributed by atoms with Crippen LogP contribution in [-0.2, 0) is 6.42 Å². The van der Waals surface area contributed by atoms with Crippen molar-refractivity contribution in [1.29, 1.82) is 5.41 Å². The number of hydrogen-bond acceptors (Lipinski definition) is 6. The van der Waals surface area contributed by atoms with Crippen LogP contribution in [0, 0.1) is 12.3 Å². The van der Waals surface area contributed by atoms with Crippen LogP contribution in [0.3, 0.4) is 0 Å². The second kappa shape index (κ2) is 9.03. The molecule has 0 unspecified atom stereocenters. The molecule has 0 aliphatic rings. The molecular formula is C23H25N7O2. The molecule has 1 atom stereocenters. The Hall–Kier alpha value is -3.98. The van der Waals surface area contributed by atoms with E-state index in [-0.39, 0.29) is 18.2 Å². The highest BCUT2D eigenvalue weighted by atomic mass is 16.3. The molecule has 0 amide bonds. The molecule has 3 aromatic heterocycles. The SMILES string of the molecule is CNC(=N)c1cc(C)c2nc(-c3c(N[C@H](CO)Cc4cccnc4)cc[nH]c3=O)[nH]c2c1. The summed E-state index contributed by atoms with van der Waals surface area (Å²) in [6, 6.07) is 8.95. The van der Waals surface area contributed by atoms with Crippen molar-refractivity contribution < 1.29 is 5.11 Å². The maximum Gasteiger partial charge on any atom is 0.261 e. The largest absolute Gasteiger partial charge is 0.394 e. The summed E-state index contributed by atoms with van der Waals surface area (Å²) in [7, 11) is 1.70. The molecule has 4 rings (SSSR count). The lowest BCUT2D eigenvalue weighted by molar-refractivity contribution is 0.273. The number of H-pyrrole nitrogens is 2. The molecule has 0 radical (unpaired) electrons. The molecule has 0 aliphatic carbocycles. The lowest BCUT2D eigenvalue weighted by atomic mass is 10.1. The van der Waals surface area contributed by atoms with Gasteiger partial charge in [-0.15, -0.1) is 0 Å². The highest BCUT2D eigenvalue weighted by Gasteiger charge is 2.18. The number of nitrogens with one attached hydrogen (secondary N) is 5. The minimum atomic E-state index is -0.312. The Bertz CT molecular complexity index is 1310. The number of aliphatic hydroxyl groups excluding tert-OH is 1. The first kappa shape index (κ1) is 21.3. The van der Waals surface area contributed by atoms with Gasteiger partial charge in [0.1, 0.15) is 17.2 Å². The Morgan fingerprint density at radius 2 is 2.16 bits per heavy atom. The van der Waals surface area contributed by atoms with Crippen molar-refractivity contribution in [1.82, 2.24) is 25.3 Å². The van der Waals surface area contributed by atoms with Crippen molar-refractivity contribution >= 4 is 22.6 Å². The van der Waals surface area contributed by atoms with Gasteiger partial charge in [-0.05, 0) is 48.7 Å². The summed E-state index contributed by atoms with van der Waals surface area (Å²) >= 11 is 0. The summed E-state index contributed by atoms with van der Waals surface area (Å²) in [5.41, 5.74) is 4.69. The quantitative estimate of drug-likeness (QED) is 0.196. The molecule has 32 heavy (non-hydrogen) atoms. The van der Waals surface area contributed by atoms with E-state index in [0.29, 0.717) is 29.3 Å². The van der Waals surface area contributed by atoms with Gasteiger partial charge in [0.2, 0.25) is 0 Å². The van der Waals surface area contributed by atoms with Gasteiger partial charge in [-0.3, -0.25) is 15.2 Å². The van der Waals surface area contributed by atoms with E-state index in [9.17, 15) is 9.90 Å². The molecule has 0 saturated carbocycles. The highest BCUT2D eigenvalue weighted by Crippen LogP contribution is 2.27. The molecule has 0 spiro atoms. The summed E-state index contributed by atoms with van der Waals surface area (Å²) in [4.78, 5) is 27.5. The number of fused-ring (bicyclic) bond motifs is 1. The number of nitrogens with zero attached hydrogens (tertiary/aromatic N) is 2. The molecule has 4 aromatic rings. The number of aromatic amines is 2. The fourth-order valence-electron chi connectivity index (χ4n) is 3.72. The normalized spacial score (nSPS) is 12.0. The maximum atomic E-state index is 12.8. The van der Waals surface area contributed by atoms with Gasteiger partial charge < -0.3 is 25.7 Å². The van der Waals surface area contributed by atoms with E-state index in [1.807, 2.05) is 31.2 Å². The van der Waals surface area contributed by atoms with Crippen molar-refractivity contribution in [3.63, 3.8) is 0 Å². The number of imidazole rings is 1. The number of hydrogen-bond donors (Lipinski definition) is 6. The number of aliphatic hydroxyl groups is 1. The summed E-state index contributed by atoms with van der Waals surface area (Å²) < 4.78 is 0. The third kappa shape index (κ3) is 4.23. The number of pyridine rings is 2. The van der Waals surface area contributed by atoms with E-state index in [2.05, 4.69) is 30.6 Å². The number of anilines is 1. The minimum absolute atomic E-state index is 0.115. The van der Waals surface area contributed by atoms with Crippen molar-refractivity contribution in [2.45, 2.75) is 19.4 Å². The average Bonchev–Trinajstić information content (AvgIpc) is 3.23. The van der Waals surface area contributed by atoms with Crippen LogP contribution in [0.1, 0.15) is 16.7 Å². The topological polar surface area (TPSA) is 143 Å². The molecule has 164 valence electrons. The molecule has 0 bridgehead atoms. The monoisotopic (exact) mass is 431 g/mol. The second-order valence-electron chi connectivity index (χ2n) is 7.58. The molecular weight excluding hydrogens is 406 g/mol. The van der Waals surface area contributed by atoms with E-state index in [0.717, 1.165) is 27.7 Å². The molecule has 9 heteroatoms. The van der Waals surface area contributed by atoms with Crippen molar-refractivity contribution in [2.75, 3.05) is 19.0 Å². The molecule has 3 heterocycles. The lowest BCUT2D eigenvalue weighted by Gasteiger charge is -2.19. The van der Waals surface area contributed by atoms with E-state index in [1.165, 1.54) is 0 Å². The first-order valence-electron chi connectivity index (χ1n) is 10.3. The van der Waals surface area contributed by atoms with Crippen molar-refractivity contribution in [2.24, 2.45) is 0 Å². The van der Waals surface area contributed by atoms with E-state index < -0.39 is 0 Å². The second-order valence-corrected chi connectivity index (χ2v) is 7.58. The standard InChI is InChI=1S/C23H25N7O2/c1-13-8-15(21(24)25-2)10-18-20(13)30-22(29-18)19-17(5-7-27-23(19)32)28-16(12-31)9-14-4-3-6-26-11-14/h3-8,10-11,16,31H,9,12H2,1-2H3,(H2,24,25)(H,29,30)(H2,27,28,32)/t16-/m0/s1. The van der Waals surface area contributed by atoms with Gasteiger partial charge in [0.15, 0.2) is 0 Å². The Kier molecular flexibility index (Phi) is 6.00. The van der Waals surface area contributed by atoms with Crippen LogP contribution in [0.4, 0.5) is 5.69 Å². The van der Waals surface area contributed by atoms with Crippen LogP contribution in [0.15, 0.2) is 53.7 Å². The van der Waals surface area contributed by atoms with Crippen LogP contribution >= 0.6 is 0 Å². The predicted octanol–water partition coefficient (Wildman–Crippen LogP) is 2.18. The van der Waals surface area contributed by atoms with Gasteiger partial charge in [0.25, 0.3) is 5.56 Å². The summed E-state index contributed by atoms with van der Waals surface area (Å²) in [6.45, 7) is 1.80. The number of rotatable bonds is 7. The zero-order valence-corrected chi connectivity index (χ0v) is 17.9. The molecule has 1 aromatic carbocycles. The zero-order chi connectivity index (χ0) is 22.7. The highest BCUT2D eigenvalue weighted by molar-refractivity contribution is 6.00. The van der Waals surface area contributed by atoms with Gasteiger partial charge in [-0.25, -0.2) is 4.98 Å².